The van der Waals surface area contributed by atoms with E-state index >= 15 is 0 Å². The number of hydrogen-bond donors (Lipinski definition) is 2. The molecule has 1 fully saturated rings. The van der Waals surface area contributed by atoms with Crippen molar-refractivity contribution in [2.45, 2.75) is 18.5 Å². The zero-order valence-electron chi connectivity index (χ0n) is 20.0. The molecular formula is C24H25F2N7O3. The molecule has 0 saturated carbocycles. The van der Waals surface area contributed by atoms with Crippen LogP contribution in [0.1, 0.15) is 34.1 Å². The lowest BCUT2D eigenvalue weighted by atomic mass is 10.1. The molecule has 3 N–H and O–H groups in total. The van der Waals surface area contributed by atoms with Gasteiger partial charge in [0.1, 0.15) is 17.2 Å². The van der Waals surface area contributed by atoms with Gasteiger partial charge in [0.15, 0.2) is 11.5 Å². The molecule has 1 aliphatic heterocycles. The lowest BCUT2D eigenvalue weighted by Crippen LogP contribution is -2.37. The first-order chi connectivity index (χ1) is 17.2. The lowest BCUT2D eigenvalue weighted by Gasteiger charge is -2.22. The second-order valence-corrected chi connectivity index (χ2v) is 8.32. The van der Waals surface area contributed by atoms with E-state index in [1.807, 2.05) is 0 Å². The maximum Gasteiger partial charge on any atom is 0.255 e. The maximum atomic E-state index is 15.0. The Bertz CT molecular complexity index is 1430. The minimum Gasteiger partial charge on any atom is -0.383 e. The molecule has 2 aromatic heterocycles. The number of carbonyl (C=O) groups is 2. The quantitative estimate of drug-likeness (QED) is 0.394. The Morgan fingerprint density at radius 2 is 2.14 bits per heavy atom. The molecule has 4 rings (SSSR count). The summed E-state index contributed by atoms with van der Waals surface area (Å²) in [6.07, 6.45) is 2.99. The molecule has 0 aliphatic carbocycles. The van der Waals surface area contributed by atoms with Gasteiger partial charge in [-0.15, -0.1) is 0 Å². The van der Waals surface area contributed by atoms with Gasteiger partial charge in [-0.05, 0) is 18.4 Å². The van der Waals surface area contributed by atoms with E-state index in [0.717, 1.165) is 6.07 Å². The van der Waals surface area contributed by atoms with Crippen LogP contribution in [-0.2, 0) is 16.6 Å². The second kappa shape index (κ2) is 9.79. The zero-order chi connectivity index (χ0) is 26.1. The third-order valence-electron chi connectivity index (χ3n) is 6.20. The van der Waals surface area contributed by atoms with Crippen molar-refractivity contribution >= 4 is 28.5 Å². The summed E-state index contributed by atoms with van der Waals surface area (Å²) in [5.74, 6) is 2.55. The lowest BCUT2D eigenvalue weighted by molar-refractivity contribution is -0.127. The smallest absolute Gasteiger partial charge is 0.255 e. The van der Waals surface area contributed by atoms with Gasteiger partial charge < -0.3 is 20.7 Å². The molecule has 1 saturated heterocycles. The summed E-state index contributed by atoms with van der Waals surface area (Å²) in [6, 6.07) is 0.563. The summed E-state index contributed by atoms with van der Waals surface area (Å²) in [5, 5.41) is 11.4. The third-order valence-corrected chi connectivity index (χ3v) is 6.20. The zero-order valence-corrected chi connectivity index (χ0v) is 20.0. The number of nitrogens with two attached hydrogens (primary N) is 1. The van der Waals surface area contributed by atoms with Gasteiger partial charge in [0.05, 0.1) is 41.4 Å². The van der Waals surface area contributed by atoms with E-state index in [0.29, 0.717) is 13.0 Å². The minimum atomic E-state index is -0.873. The molecule has 10 nitrogen and oxygen atoms in total. The van der Waals surface area contributed by atoms with Crippen LogP contribution in [0.2, 0.25) is 0 Å². The minimum absolute atomic E-state index is 0.0231. The number of halogens is 2. The van der Waals surface area contributed by atoms with Crippen molar-refractivity contribution in [2.24, 2.45) is 12.8 Å². The van der Waals surface area contributed by atoms with Gasteiger partial charge in [0, 0.05) is 33.8 Å². The summed E-state index contributed by atoms with van der Waals surface area (Å²) in [4.78, 5) is 26.3. The molecule has 0 bridgehead atoms. The molecule has 2 atom stereocenters. The number of rotatable bonds is 6. The average Bonchev–Trinajstić information content (AvgIpc) is 3.54. The Morgan fingerprint density at radius 3 is 2.78 bits per heavy atom. The third kappa shape index (κ3) is 4.18. The highest BCUT2D eigenvalue weighted by Crippen LogP contribution is 2.32. The Balaban J connectivity index is 1.79. The molecule has 12 heteroatoms. The fourth-order valence-electron chi connectivity index (χ4n) is 4.52. The highest BCUT2D eigenvalue weighted by molar-refractivity contribution is 6.00. The molecule has 1 aromatic carbocycles. The number of amides is 2. The van der Waals surface area contributed by atoms with Gasteiger partial charge >= 0.3 is 0 Å². The summed E-state index contributed by atoms with van der Waals surface area (Å²) in [7, 11) is 4.69. The molecule has 36 heavy (non-hydrogen) atoms. The SMILES string of the molecule is C=CC(=O)N1C[C@@H](n2nc(C#Cc3c(F)cc4c(cnn4C)c3F)c(C(N)=O)c2NC)C[C@@H]1COC. The van der Waals surface area contributed by atoms with Crippen LogP contribution < -0.4 is 11.1 Å². The Labute approximate surface area is 205 Å². The second-order valence-electron chi connectivity index (χ2n) is 8.32. The molecule has 3 aromatic rings. The van der Waals surface area contributed by atoms with Crippen molar-refractivity contribution in [2.75, 3.05) is 32.6 Å². The normalized spacial score (nSPS) is 17.2. The van der Waals surface area contributed by atoms with Gasteiger partial charge in [0.25, 0.3) is 5.91 Å². The number of aryl methyl sites for hydroxylation is 1. The van der Waals surface area contributed by atoms with Crippen LogP contribution in [0.5, 0.6) is 0 Å². The summed E-state index contributed by atoms with van der Waals surface area (Å²) in [6.45, 7) is 4.13. The van der Waals surface area contributed by atoms with Crippen molar-refractivity contribution in [1.82, 2.24) is 24.5 Å². The van der Waals surface area contributed by atoms with Crippen molar-refractivity contribution in [3.8, 4) is 11.8 Å². The fraction of sp³-hybridized carbons (Fsp3) is 0.333. The number of benzene rings is 1. The van der Waals surface area contributed by atoms with Crippen molar-refractivity contribution in [1.29, 1.82) is 0 Å². The van der Waals surface area contributed by atoms with Crippen LogP contribution in [0.15, 0.2) is 24.9 Å². The highest BCUT2D eigenvalue weighted by Gasteiger charge is 2.37. The van der Waals surface area contributed by atoms with E-state index in [1.54, 1.807) is 19.0 Å². The standard InChI is InChI=1S/C24H25F2N7O3/c1-5-20(34)32-11-13(8-14(32)12-36-4)33-24(28-2)21(23(27)35)18(30-33)7-6-15-17(25)9-19-16(22(15)26)10-29-31(19)3/h5,9-10,13-14,28H,1,8,11-12H2,2-4H3,(H2,27,35)/t13-,14+/m0/s1. The molecular weight excluding hydrogens is 472 g/mol. The molecule has 2 amide bonds. The maximum absolute atomic E-state index is 15.0. The van der Waals surface area contributed by atoms with Crippen LogP contribution >= 0.6 is 0 Å². The topological polar surface area (TPSA) is 120 Å². The van der Waals surface area contributed by atoms with Crippen molar-refractivity contribution in [3.63, 3.8) is 0 Å². The Kier molecular flexibility index (Phi) is 6.76. The van der Waals surface area contributed by atoms with Crippen molar-refractivity contribution < 1.29 is 23.1 Å². The highest BCUT2D eigenvalue weighted by atomic mass is 19.1. The number of ether oxygens (including phenoxy) is 1. The van der Waals surface area contributed by atoms with E-state index < -0.39 is 23.1 Å². The van der Waals surface area contributed by atoms with Crippen LogP contribution in [0.3, 0.4) is 0 Å². The van der Waals surface area contributed by atoms with Crippen LogP contribution in [0.4, 0.5) is 14.6 Å². The van der Waals surface area contributed by atoms with E-state index in [-0.39, 0.29) is 52.5 Å². The number of primary amides is 1. The van der Waals surface area contributed by atoms with E-state index in [1.165, 1.54) is 28.7 Å². The fourth-order valence-corrected chi connectivity index (χ4v) is 4.52. The first-order valence-electron chi connectivity index (χ1n) is 11.1. The monoisotopic (exact) mass is 497 g/mol. The first kappa shape index (κ1) is 24.9. The summed E-state index contributed by atoms with van der Waals surface area (Å²) < 4.78 is 37.8. The van der Waals surface area contributed by atoms with Crippen LogP contribution in [0.25, 0.3) is 10.9 Å². The molecule has 0 unspecified atom stereocenters. The molecule has 1 aliphatic rings. The average molecular weight is 498 g/mol. The Hall–Kier alpha value is -4.24. The van der Waals surface area contributed by atoms with Gasteiger partial charge in [-0.2, -0.15) is 10.2 Å². The predicted octanol–water partition coefficient (Wildman–Crippen LogP) is 1.56. The number of anilines is 1. The number of aromatic nitrogens is 4. The van der Waals surface area contributed by atoms with Gasteiger partial charge in [-0.25, -0.2) is 13.5 Å². The number of methoxy groups -OCH3 is 1. The van der Waals surface area contributed by atoms with Gasteiger partial charge in [-0.3, -0.25) is 14.3 Å². The number of nitrogens with zero attached hydrogens (tertiary/aromatic N) is 5. The molecule has 0 radical (unpaired) electrons. The molecule has 188 valence electrons. The number of hydrogen-bond acceptors (Lipinski definition) is 6. The predicted molar refractivity (Wildman–Crippen MR) is 128 cm³/mol. The number of carbonyl (C=O) groups excluding carboxylic acids is 2. The summed E-state index contributed by atoms with van der Waals surface area (Å²) >= 11 is 0. The van der Waals surface area contributed by atoms with E-state index in [9.17, 15) is 18.4 Å². The summed E-state index contributed by atoms with van der Waals surface area (Å²) in [5.41, 5.74) is 5.36. The number of fused-ring (bicyclic) bond motifs is 1. The molecule has 0 spiro atoms. The van der Waals surface area contributed by atoms with Crippen LogP contribution in [0, 0.1) is 23.5 Å². The first-order valence-corrected chi connectivity index (χ1v) is 11.1. The number of nitrogens with one attached hydrogen (secondary N) is 1. The molecule has 3 heterocycles. The van der Waals surface area contributed by atoms with Gasteiger partial charge in [0.2, 0.25) is 5.91 Å². The van der Waals surface area contributed by atoms with Crippen LogP contribution in [-0.4, -0.2) is 69.6 Å². The largest absolute Gasteiger partial charge is 0.383 e. The van der Waals surface area contributed by atoms with E-state index in [4.69, 9.17) is 10.5 Å². The van der Waals surface area contributed by atoms with Gasteiger partial charge in [-0.1, -0.05) is 12.5 Å². The van der Waals surface area contributed by atoms with Crippen molar-refractivity contribution in [3.05, 3.63) is 53.4 Å². The number of likely N-dealkylation sites (tertiary alicyclic amines) is 1. The van der Waals surface area contributed by atoms with E-state index in [2.05, 4.69) is 33.9 Å². The Morgan fingerprint density at radius 1 is 1.39 bits per heavy atom.